The number of nitrogens with zero attached hydrogens (tertiary/aromatic N) is 2. The highest BCUT2D eigenvalue weighted by molar-refractivity contribution is 7.18. The quantitative estimate of drug-likeness (QED) is 0.605. The van der Waals surface area contributed by atoms with E-state index in [4.69, 9.17) is 16.7 Å². The van der Waals surface area contributed by atoms with Crippen molar-refractivity contribution in [3.63, 3.8) is 0 Å². The summed E-state index contributed by atoms with van der Waals surface area (Å²) in [4.78, 5) is 16.9. The second-order valence-corrected chi connectivity index (χ2v) is 7.74. The van der Waals surface area contributed by atoms with Gasteiger partial charge in [-0.15, -0.1) is 11.3 Å². The van der Waals surface area contributed by atoms with Gasteiger partial charge in [-0.05, 0) is 17.7 Å². The lowest BCUT2D eigenvalue weighted by molar-refractivity contribution is -0.135. The molecule has 0 saturated heterocycles. The Kier molecular flexibility index (Phi) is 4.76. The number of thiazole rings is 1. The second-order valence-electron chi connectivity index (χ2n) is 6.25. The van der Waals surface area contributed by atoms with Crippen molar-refractivity contribution in [3.8, 4) is 0 Å². The molecule has 2 aromatic carbocycles. The first-order valence-corrected chi connectivity index (χ1v) is 9.42. The van der Waals surface area contributed by atoms with Crippen molar-refractivity contribution >= 4 is 50.4 Å². The molecule has 1 aliphatic heterocycles. The predicted octanol–water partition coefficient (Wildman–Crippen LogP) is 4.90. The molecule has 4 rings (SSSR count). The largest absolute Gasteiger partial charge is 0.480 e. The summed E-state index contributed by atoms with van der Waals surface area (Å²) in [5.74, 6) is -4.29. The highest BCUT2D eigenvalue weighted by Gasteiger charge is 2.24. The number of carboxylic acids is 1. The van der Waals surface area contributed by atoms with E-state index in [1.807, 2.05) is 6.08 Å². The summed E-state index contributed by atoms with van der Waals surface area (Å²) in [6, 6.07) is 5.69. The van der Waals surface area contributed by atoms with Gasteiger partial charge in [0.2, 0.25) is 0 Å². The second kappa shape index (κ2) is 7.10. The van der Waals surface area contributed by atoms with Crippen LogP contribution >= 0.6 is 22.9 Å². The van der Waals surface area contributed by atoms with Gasteiger partial charge in [-0.2, -0.15) is 0 Å². The fraction of sp³-hybridized carbons (Fsp3) is 0.158. The Bertz CT molecular complexity index is 1150. The predicted molar refractivity (Wildman–Crippen MR) is 102 cm³/mol. The average Bonchev–Trinajstić information content (AvgIpc) is 3.06. The number of anilines is 1. The molecule has 4 nitrogen and oxygen atoms in total. The van der Waals surface area contributed by atoms with Gasteiger partial charge in [0.25, 0.3) is 0 Å². The summed E-state index contributed by atoms with van der Waals surface area (Å²) in [6.45, 7) is 0.158. The van der Waals surface area contributed by atoms with E-state index in [2.05, 4.69) is 4.98 Å². The maximum absolute atomic E-state index is 14.0. The Hall–Kier alpha value is -2.58. The molecule has 0 aliphatic carbocycles. The first kappa shape index (κ1) is 18.8. The van der Waals surface area contributed by atoms with Crippen molar-refractivity contribution in [3.05, 3.63) is 63.4 Å². The van der Waals surface area contributed by atoms with Crippen LogP contribution in [0.1, 0.15) is 10.6 Å². The molecule has 2 heterocycles. The lowest BCUT2D eigenvalue weighted by atomic mass is 9.96. The van der Waals surface area contributed by atoms with Crippen LogP contribution in [0.15, 0.2) is 30.3 Å². The van der Waals surface area contributed by atoms with Crippen LogP contribution in [0.25, 0.3) is 15.8 Å². The molecule has 9 heteroatoms. The van der Waals surface area contributed by atoms with E-state index in [0.717, 1.165) is 16.9 Å². The van der Waals surface area contributed by atoms with Gasteiger partial charge >= 0.3 is 5.97 Å². The fourth-order valence-electron chi connectivity index (χ4n) is 3.26. The minimum absolute atomic E-state index is 0.0443. The number of carbonyl (C=O) groups is 1. The zero-order chi connectivity index (χ0) is 20.0. The van der Waals surface area contributed by atoms with Crippen LogP contribution in [0.3, 0.4) is 0 Å². The Labute approximate surface area is 166 Å². The molecular weight excluding hydrogens is 413 g/mol. The van der Waals surface area contributed by atoms with Crippen molar-refractivity contribution in [1.29, 1.82) is 0 Å². The van der Waals surface area contributed by atoms with E-state index in [1.54, 1.807) is 23.1 Å². The number of rotatable bonds is 4. The van der Waals surface area contributed by atoms with E-state index in [-0.39, 0.29) is 23.2 Å². The van der Waals surface area contributed by atoms with E-state index in [9.17, 15) is 18.0 Å². The third-order valence-corrected chi connectivity index (χ3v) is 5.82. The van der Waals surface area contributed by atoms with E-state index >= 15 is 0 Å². The number of aliphatic carboxylic acids is 1. The maximum Gasteiger partial charge on any atom is 0.323 e. The molecule has 3 aromatic rings. The van der Waals surface area contributed by atoms with Crippen LogP contribution in [0.2, 0.25) is 5.02 Å². The minimum Gasteiger partial charge on any atom is -0.480 e. The molecule has 0 unspecified atom stereocenters. The SMILES string of the molecule is O=C(O)CN1CC=C(Cc2nc3c(F)c(F)cc(F)c3s2)c2c(Cl)cccc21. The summed E-state index contributed by atoms with van der Waals surface area (Å²) in [7, 11) is 0. The summed E-state index contributed by atoms with van der Waals surface area (Å²) in [5, 5.41) is 9.95. The van der Waals surface area contributed by atoms with Gasteiger partial charge in [0.15, 0.2) is 11.6 Å². The Morgan fingerprint density at radius 1 is 1.29 bits per heavy atom. The lowest BCUT2D eigenvalue weighted by Gasteiger charge is -2.30. The first-order valence-electron chi connectivity index (χ1n) is 8.22. The van der Waals surface area contributed by atoms with Gasteiger partial charge in [0.05, 0.1) is 14.7 Å². The number of hydrogen-bond acceptors (Lipinski definition) is 4. The highest BCUT2D eigenvalue weighted by atomic mass is 35.5. The summed E-state index contributed by atoms with van der Waals surface area (Å²) in [6.07, 6.45) is 2.05. The fourth-order valence-corrected chi connectivity index (χ4v) is 4.53. The molecule has 0 saturated carbocycles. The summed E-state index contributed by atoms with van der Waals surface area (Å²) >= 11 is 7.30. The number of halogens is 4. The smallest absolute Gasteiger partial charge is 0.323 e. The monoisotopic (exact) mass is 424 g/mol. The van der Waals surface area contributed by atoms with Crippen LogP contribution in [0, 0.1) is 17.5 Å². The zero-order valence-electron chi connectivity index (χ0n) is 14.2. The Balaban J connectivity index is 1.74. The van der Waals surface area contributed by atoms with Gasteiger partial charge in [-0.3, -0.25) is 4.79 Å². The van der Waals surface area contributed by atoms with Crippen molar-refractivity contribution < 1.29 is 23.1 Å². The number of fused-ring (bicyclic) bond motifs is 2. The van der Waals surface area contributed by atoms with Gasteiger partial charge in [-0.25, -0.2) is 18.2 Å². The van der Waals surface area contributed by atoms with E-state index in [1.165, 1.54) is 0 Å². The topological polar surface area (TPSA) is 53.4 Å². The third-order valence-electron chi connectivity index (χ3n) is 4.44. The zero-order valence-corrected chi connectivity index (χ0v) is 15.8. The molecule has 144 valence electrons. The summed E-state index contributed by atoms with van der Waals surface area (Å²) < 4.78 is 41.3. The molecular formula is C19H12ClF3N2O2S. The lowest BCUT2D eigenvalue weighted by Crippen LogP contribution is -2.32. The van der Waals surface area contributed by atoms with Crippen molar-refractivity contribution in [2.45, 2.75) is 6.42 Å². The molecule has 0 fully saturated rings. The van der Waals surface area contributed by atoms with Crippen molar-refractivity contribution in [1.82, 2.24) is 4.98 Å². The molecule has 28 heavy (non-hydrogen) atoms. The third kappa shape index (κ3) is 3.22. The van der Waals surface area contributed by atoms with Crippen LogP contribution < -0.4 is 4.90 Å². The van der Waals surface area contributed by atoms with E-state index in [0.29, 0.717) is 33.9 Å². The van der Waals surface area contributed by atoms with Crippen LogP contribution in [0.4, 0.5) is 18.9 Å². The molecule has 1 aromatic heterocycles. The number of aromatic nitrogens is 1. The molecule has 0 spiro atoms. The van der Waals surface area contributed by atoms with Gasteiger partial charge in [0, 0.05) is 30.3 Å². The minimum atomic E-state index is -1.28. The van der Waals surface area contributed by atoms with Crippen LogP contribution in [-0.2, 0) is 11.2 Å². The maximum atomic E-state index is 14.0. The average molecular weight is 425 g/mol. The molecule has 0 radical (unpaired) electrons. The van der Waals surface area contributed by atoms with Crippen molar-refractivity contribution in [2.75, 3.05) is 18.0 Å². The van der Waals surface area contributed by atoms with E-state index < -0.39 is 23.4 Å². The molecule has 0 atom stereocenters. The standard InChI is InChI=1S/C19H12ClF3N2O2S/c20-10-2-1-3-13-16(10)9(4-5-25(13)8-15(26)27)6-14-24-18-17(23)11(21)7-12(22)19(18)28-14/h1-4,7H,5-6,8H2,(H,26,27). The number of hydrogen-bond donors (Lipinski definition) is 1. The number of benzene rings is 2. The van der Waals surface area contributed by atoms with Crippen LogP contribution in [0.5, 0.6) is 0 Å². The van der Waals surface area contributed by atoms with Gasteiger partial charge < -0.3 is 10.0 Å². The molecule has 0 bridgehead atoms. The number of carboxylic acid groups (broad SMARTS) is 1. The molecule has 1 aliphatic rings. The Morgan fingerprint density at radius 3 is 2.82 bits per heavy atom. The molecule has 0 amide bonds. The van der Waals surface area contributed by atoms with Gasteiger partial charge in [0.1, 0.15) is 17.9 Å². The Morgan fingerprint density at radius 2 is 2.07 bits per heavy atom. The summed E-state index contributed by atoms with van der Waals surface area (Å²) in [5.41, 5.74) is 1.75. The van der Waals surface area contributed by atoms with Gasteiger partial charge in [-0.1, -0.05) is 23.7 Å². The van der Waals surface area contributed by atoms with Crippen LogP contribution in [-0.4, -0.2) is 29.1 Å². The normalized spacial score (nSPS) is 13.6. The molecule has 1 N–H and O–H groups in total. The number of allylic oxidation sites excluding steroid dienone is 1. The van der Waals surface area contributed by atoms with Crippen molar-refractivity contribution in [2.24, 2.45) is 0 Å². The highest BCUT2D eigenvalue weighted by Crippen LogP contribution is 2.39. The first-order chi connectivity index (χ1) is 13.3.